The summed E-state index contributed by atoms with van der Waals surface area (Å²) in [4.78, 5) is 37.0. The van der Waals surface area contributed by atoms with E-state index in [0.29, 0.717) is 11.3 Å². The Hall–Kier alpha value is -3.48. The average molecular weight is 365 g/mol. The Morgan fingerprint density at radius 1 is 1.00 bits per heavy atom. The molecule has 138 valence electrons. The highest BCUT2D eigenvalue weighted by Gasteiger charge is 2.38. The lowest BCUT2D eigenvalue weighted by atomic mass is 10.0. The van der Waals surface area contributed by atoms with E-state index in [2.05, 4.69) is 5.32 Å². The normalized spacial score (nSPS) is 14.1. The van der Waals surface area contributed by atoms with Crippen molar-refractivity contribution in [2.24, 2.45) is 0 Å². The van der Waals surface area contributed by atoms with Gasteiger partial charge in [-0.2, -0.15) is 0 Å². The molecule has 27 heavy (non-hydrogen) atoms. The summed E-state index contributed by atoms with van der Waals surface area (Å²) in [7, 11) is 0. The molecular formula is C20H19N3O4. The van der Waals surface area contributed by atoms with E-state index in [4.69, 9.17) is 0 Å². The Morgan fingerprint density at radius 3 is 2.22 bits per heavy atom. The van der Waals surface area contributed by atoms with E-state index in [0.717, 1.165) is 16.0 Å². The number of nitrogens with zero attached hydrogens (tertiary/aromatic N) is 2. The van der Waals surface area contributed by atoms with Gasteiger partial charge in [-0.3, -0.25) is 24.6 Å². The molecule has 0 aliphatic carbocycles. The Morgan fingerprint density at radius 2 is 1.67 bits per heavy atom. The maximum absolute atomic E-state index is 12.8. The fraction of sp³-hybridized carbons (Fsp3) is 0.200. The topological polar surface area (TPSA) is 92.6 Å². The second-order valence-corrected chi connectivity index (χ2v) is 6.33. The van der Waals surface area contributed by atoms with Gasteiger partial charge in [0.25, 0.3) is 17.5 Å². The monoisotopic (exact) mass is 365 g/mol. The van der Waals surface area contributed by atoms with E-state index >= 15 is 0 Å². The average Bonchev–Trinajstić information content (AvgIpc) is 2.88. The number of nitrogens with one attached hydrogen (secondary N) is 1. The minimum absolute atomic E-state index is 0.0767. The summed E-state index contributed by atoms with van der Waals surface area (Å²) >= 11 is 0. The molecule has 0 bridgehead atoms. The van der Waals surface area contributed by atoms with Crippen LogP contribution in [-0.4, -0.2) is 28.2 Å². The number of amides is 2. The highest BCUT2D eigenvalue weighted by Crippen LogP contribution is 2.31. The summed E-state index contributed by atoms with van der Waals surface area (Å²) in [5.41, 5.74) is 3.66. The maximum atomic E-state index is 12.8. The van der Waals surface area contributed by atoms with Gasteiger partial charge in [-0.1, -0.05) is 6.07 Å². The van der Waals surface area contributed by atoms with Crippen molar-refractivity contribution in [3.05, 3.63) is 75.0 Å². The van der Waals surface area contributed by atoms with E-state index < -0.39 is 16.7 Å². The van der Waals surface area contributed by atoms with Crippen molar-refractivity contribution in [1.29, 1.82) is 0 Å². The first-order valence-corrected chi connectivity index (χ1v) is 8.53. The first-order chi connectivity index (χ1) is 12.8. The summed E-state index contributed by atoms with van der Waals surface area (Å²) < 4.78 is 0. The number of nitro benzene ring substituents is 1. The predicted molar refractivity (Wildman–Crippen MR) is 102 cm³/mol. The minimum Gasteiger partial charge on any atom is -0.350 e. The van der Waals surface area contributed by atoms with E-state index in [1.807, 2.05) is 32.0 Å². The fourth-order valence-corrected chi connectivity index (χ4v) is 2.96. The number of likely N-dealkylation sites (N-methyl/N-ethyl adjacent to an activating group) is 1. The summed E-state index contributed by atoms with van der Waals surface area (Å²) in [6.07, 6.45) is 0. The van der Waals surface area contributed by atoms with Crippen molar-refractivity contribution in [1.82, 2.24) is 4.90 Å². The molecule has 0 saturated carbocycles. The molecule has 2 aromatic rings. The van der Waals surface area contributed by atoms with Gasteiger partial charge < -0.3 is 5.32 Å². The zero-order valence-electron chi connectivity index (χ0n) is 15.3. The van der Waals surface area contributed by atoms with Crippen molar-refractivity contribution in [3.8, 4) is 0 Å². The SMILES string of the molecule is CCN1C(=O)C(Nc2ccc(C)c(C)c2)=C(c2ccc([N+](=O)[O-])cc2)C1=O. The van der Waals surface area contributed by atoms with Crippen molar-refractivity contribution in [2.75, 3.05) is 11.9 Å². The van der Waals surface area contributed by atoms with Crippen LogP contribution in [0.5, 0.6) is 0 Å². The summed E-state index contributed by atoms with van der Waals surface area (Å²) in [6, 6.07) is 11.3. The van der Waals surface area contributed by atoms with Gasteiger partial charge in [0.1, 0.15) is 5.70 Å². The molecule has 1 aliphatic heterocycles. The van der Waals surface area contributed by atoms with E-state index in [1.165, 1.54) is 24.3 Å². The van der Waals surface area contributed by atoms with Gasteiger partial charge in [0, 0.05) is 24.4 Å². The zero-order chi connectivity index (χ0) is 19.7. The highest BCUT2D eigenvalue weighted by atomic mass is 16.6. The molecule has 2 amide bonds. The Kier molecular flexibility index (Phi) is 4.77. The first-order valence-electron chi connectivity index (χ1n) is 8.53. The predicted octanol–water partition coefficient (Wildman–Crippen LogP) is 3.42. The van der Waals surface area contributed by atoms with Gasteiger partial charge in [0.05, 0.1) is 10.5 Å². The molecule has 0 unspecified atom stereocenters. The number of rotatable bonds is 5. The standard InChI is InChI=1S/C20H19N3O4/c1-4-22-19(24)17(14-6-9-16(10-7-14)23(26)27)18(20(22)25)21-15-8-5-12(2)13(3)11-15/h5-11,21H,4H2,1-3H3. The molecule has 1 heterocycles. The quantitative estimate of drug-likeness (QED) is 0.498. The minimum atomic E-state index is -0.508. The number of non-ortho nitro benzene ring substituents is 1. The molecule has 1 aliphatic rings. The first kappa shape index (κ1) is 18.3. The number of nitro groups is 1. The molecule has 0 atom stereocenters. The van der Waals surface area contributed by atoms with Crippen molar-refractivity contribution in [2.45, 2.75) is 20.8 Å². The number of carbonyl (C=O) groups excluding carboxylic acids is 2. The number of carbonyl (C=O) groups is 2. The summed E-state index contributed by atoms with van der Waals surface area (Å²) in [5, 5.41) is 13.9. The zero-order valence-corrected chi connectivity index (χ0v) is 15.3. The van der Waals surface area contributed by atoms with Crippen LogP contribution in [0, 0.1) is 24.0 Å². The molecule has 3 rings (SSSR count). The van der Waals surface area contributed by atoms with Gasteiger partial charge in [0.2, 0.25) is 0 Å². The lowest BCUT2D eigenvalue weighted by Gasteiger charge is -2.12. The van der Waals surface area contributed by atoms with Crippen LogP contribution >= 0.6 is 0 Å². The molecular weight excluding hydrogens is 346 g/mol. The van der Waals surface area contributed by atoms with E-state index in [1.54, 1.807) is 6.92 Å². The number of hydrogen-bond donors (Lipinski definition) is 1. The second-order valence-electron chi connectivity index (χ2n) is 6.33. The Labute approximate surface area is 156 Å². The van der Waals surface area contributed by atoms with Crippen LogP contribution in [-0.2, 0) is 9.59 Å². The Bertz CT molecular complexity index is 977. The largest absolute Gasteiger partial charge is 0.350 e. The molecule has 7 nitrogen and oxygen atoms in total. The van der Waals surface area contributed by atoms with Crippen LogP contribution in [0.2, 0.25) is 0 Å². The summed E-state index contributed by atoms with van der Waals surface area (Å²) in [5.74, 6) is -0.822. The molecule has 0 spiro atoms. The van der Waals surface area contributed by atoms with Gasteiger partial charge in [0.15, 0.2) is 0 Å². The van der Waals surface area contributed by atoms with Gasteiger partial charge in [-0.15, -0.1) is 0 Å². The fourth-order valence-electron chi connectivity index (χ4n) is 2.96. The van der Waals surface area contributed by atoms with Crippen LogP contribution in [0.1, 0.15) is 23.6 Å². The Balaban J connectivity index is 2.07. The van der Waals surface area contributed by atoms with Crippen LogP contribution in [0.3, 0.4) is 0 Å². The molecule has 0 saturated heterocycles. The molecule has 0 fully saturated rings. The number of aryl methyl sites for hydroxylation is 2. The van der Waals surface area contributed by atoms with Crippen molar-refractivity contribution >= 4 is 28.8 Å². The number of benzene rings is 2. The van der Waals surface area contributed by atoms with E-state index in [-0.39, 0.29) is 23.5 Å². The molecule has 0 radical (unpaired) electrons. The third kappa shape index (κ3) is 3.31. The third-order valence-corrected chi connectivity index (χ3v) is 4.63. The van der Waals surface area contributed by atoms with Crippen molar-refractivity contribution in [3.63, 3.8) is 0 Å². The van der Waals surface area contributed by atoms with Gasteiger partial charge >= 0.3 is 0 Å². The lowest BCUT2D eigenvalue weighted by Crippen LogP contribution is -2.32. The number of imide groups is 1. The van der Waals surface area contributed by atoms with E-state index in [9.17, 15) is 19.7 Å². The molecule has 0 aromatic heterocycles. The number of hydrogen-bond acceptors (Lipinski definition) is 5. The third-order valence-electron chi connectivity index (χ3n) is 4.63. The van der Waals surface area contributed by atoms with Crippen LogP contribution in [0.25, 0.3) is 5.57 Å². The number of anilines is 1. The maximum Gasteiger partial charge on any atom is 0.278 e. The highest BCUT2D eigenvalue weighted by molar-refractivity contribution is 6.36. The molecule has 7 heteroatoms. The van der Waals surface area contributed by atoms with Gasteiger partial charge in [-0.25, -0.2) is 0 Å². The van der Waals surface area contributed by atoms with Crippen LogP contribution in [0.15, 0.2) is 48.2 Å². The molecule has 1 N–H and O–H groups in total. The van der Waals surface area contributed by atoms with Crippen molar-refractivity contribution < 1.29 is 14.5 Å². The van der Waals surface area contributed by atoms with Gasteiger partial charge in [-0.05, 0) is 61.7 Å². The smallest absolute Gasteiger partial charge is 0.278 e. The summed E-state index contributed by atoms with van der Waals surface area (Å²) in [6.45, 7) is 5.92. The second kappa shape index (κ2) is 7.03. The lowest BCUT2D eigenvalue weighted by molar-refractivity contribution is -0.384. The van der Waals surface area contributed by atoms with Crippen LogP contribution < -0.4 is 5.32 Å². The molecule has 2 aromatic carbocycles. The van der Waals surface area contributed by atoms with Crippen LogP contribution in [0.4, 0.5) is 11.4 Å².